The lowest BCUT2D eigenvalue weighted by atomic mass is 10.1. The van der Waals surface area contributed by atoms with Gasteiger partial charge in [-0.2, -0.15) is 0 Å². The van der Waals surface area contributed by atoms with Crippen LogP contribution in [0.3, 0.4) is 0 Å². The SMILES string of the molecule is Nc1ccc(-c2nc3c(c(=O)[nH]2)CN(Cc2ccc(-c4ccc5c(c4)OCO5)nc2)CC3)cc1. The third-order valence-electron chi connectivity index (χ3n) is 6.23. The summed E-state index contributed by atoms with van der Waals surface area (Å²) in [4.78, 5) is 27.4. The Morgan fingerprint density at radius 3 is 2.65 bits per heavy atom. The average Bonchev–Trinajstić information content (AvgIpc) is 3.33. The van der Waals surface area contributed by atoms with E-state index in [1.165, 1.54) is 0 Å². The van der Waals surface area contributed by atoms with E-state index in [2.05, 4.69) is 20.9 Å². The minimum atomic E-state index is -0.0854. The molecule has 2 aromatic heterocycles. The van der Waals surface area contributed by atoms with Crippen molar-refractivity contribution >= 4 is 5.69 Å². The van der Waals surface area contributed by atoms with Crippen molar-refractivity contribution in [1.82, 2.24) is 19.9 Å². The Hall–Kier alpha value is -4.17. The number of aromatic nitrogens is 3. The summed E-state index contributed by atoms with van der Waals surface area (Å²) >= 11 is 0. The summed E-state index contributed by atoms with van der Waals surface area (Å²) in [5.41, 5.74) is 11.8. The number of nitrogens with two attached hydrogens (primary N) is 1. The van der Waals surface area contributed by atoms with Gasteiger partial charge in [0.1, 0.15) is 5.82 Å². The largest absolute Gasteiger partial charge is 0.454 e. The number of hydrogen-bond donors (Lipinski definition) is 2. The number of anilines is 1. The molecule has 34 heavy (non-hydrogen) atoms. The van der Waals surface area contributed by atoms with Crippen molar-refractivity contribution in [3.63, 3.8) is 0 Å². The Bertz CT molecular complexity index is 1410. The maximum absolute atomic E-state index is 12.8. The van der Waals surface area contributed by atoms with Crippen molar-refractivity contribution in [2.45, 2.75) is 19.5 Å². The van der Waals surface area contributed by atoms with Crippen LogP contribution in [0.1, 0.15) is 16.8 Å². The smallest absolute Gasteiger partial charge is 0.255 e. The lowest BCUT2D eigenvalue weighted by molar-refractivity contribution is 0.174. The van der Waals surface area contributed by atoms with Crippen LogP contribution in [-0.2, 0) is 19.5 Å². The molecule has 170 valence electrons. The first-order valence-electron chi connectivity index (χ1n) is 11.2. The quantitative estimate of drug-likeness (QED) is 0.456. The number of nitrogen functional groups attached to an aromatic ring is 1. The zero-order valence-corrected chi connectivity index (χ0v) is 18.5. The Balaban J connectivity index is 1.17. The first kappa shape index (κ1) is 20.4. The molecule has 8 heteroatoms. The highest BCUT2D eigenvalue weighted by molar-refractivity contribution is 5.64. The molecule has 0 radical (unpaired) electrons. The van der Waals surface area contributed by atoms with Crippen LogP contribution < -0.4 is 20.8 Å². The fraction of sp³-hybridized carbons (Fsp3) is 0.192. The third-order valence-corrected chi connectivity index (χ3v) is 6.23. The van der Waals surface area contributed by atoms with Gasteiger partial charge in [-0.15, -0.1) is 0 Å². The summed E-state index contributed by atoms with van der Waals surface area (Å²) in [6.45, 7) is 2.36. The molecule has 2 aliphatic heterocycles. The first-order valence-corrected chi connectivity index (χ1v) is 11.2. The van der Waals surface area contributed by atoms with Crippen molar-refractivity contribution in [3.8, 4) is 34.1 Å². The maximum atomic E-state index is 12.8. The molecule has 0 saturated heterocycles. The van der Waals surface area contributed by atoms with E-state index in [0.717, 1.165) is 58.1 Å². The molecule has 0 unspecified atom stereocenters. The van der Waals surface area contributed by atoms with Crippen molar-refractivity contribution in [2.24, 2.45) is 0 Å². The number of benzene rings is 2. The second-order valence-corrected chi connectivity index (χ2v) is 8.54. The molecule has 2 aromatic carbocycles. The van der Waals surface area contributed by atoms with Gasteiger partial charge in [-0.3, -0.25) is 14.7 Å². The van der Waals surface area contributed by atoms with Crippen molar-refractivity contribution < 1.29 is 9.47 Å². The molecule has 2 aliphatic rings. The van der Waals surface area contributed by atoms with Gasteiger partial charge in [-0.05, 0) is 54.1 Å². The number of H-pyrrole nitrogens is 1. The standard InChI is InChI=1S/C26H23N5O3/c27-19-5-2-17(3-6-19)25-29-22-9-10-31(14-20(22)26(32)30-25)13-16-1-7-21(28-12-16)18-4-8-23-24(11-18)34-15-33-23/h1-8,11-12H,9-10,13-15,27H2,(H,29,30,32). The number of aromatic amines is 1. The van der Waals surface area contributed by atoms with Crippen LogP contribution in [0.25, 0.3) is 22.6 Å². The summed E-state index contributed by atoms with van der Waals surface area (Å²) in [5.74, 6) is 2.09. The number of nitrogens with zero attached hydrogens (tertiary/aromatic N) is 3. The van der Waals surface area contributed by atoms with E-state index in [4.69, 9.17) is 20.2 Å². The first-order chi connectivity index (χ1) is 16.6. The van der Waals surface area contributed by atoms with Crippen LogP contribution in [0, 0.1) is 0 Å². The molecule has 0 spiro atoms. The van der Waals surface area contributed by atoms with E-state index in [0.29, 0.717) is 24.6 Å². The average molecular weight is 454 g/mol. The van der Waals surface area contributed by atoms with E-state index >= 15 is 0 Å². The number of ether oxygens (including phenoxy) is 2. The predicted octanol–water partition coefficient (Wildman–Crippen LogP) is 3.37. The minimum Gasteiger partial charge on any atom is -0.454 e. The number of rotatable bonds is 4. The molecular weight excluding hydrogens is 430 g/mol. The zero-order chi connectivity index (χ0) is 23.1. The number of hydrogen-bond acceptors (Lipinski definition) is 7. The van der Waals surface area contributed by atoms with Gasteiger partial charge in [0.05, 0.1) is 17.0 Å². The molecule has 3 N–H and O–H groups in total. The fourth-order valence-corrected chi connectivity index (χ4v) is 4.40. The Morgan fingerprint density at radius 1 is 1.00 bits per heavy atom. The highest BCUT2D eigenvalue weighted by Crippen LogP contribution is 2.35. The second kappa shape index (κ2) is 8.31. The van der Waals surface area contributed by atoms with Gasteiger partial charge in [0.25, 0.3) is 5.56 Å². The third kappa shape index (κ3) is 3.88. The highest BCUT2D eigenvalue weighted by Gasteiger charge is 2.22. The fourth-order valence-electron chi connectivity index (χ4n) is 4.40. The van der Waals surface area contributed by atoms with Gasteiger partial charge < -0.3 is 20.2 Å². The molecule has 4 heterocycles. The Kier molecular flexibility index (Phi) is 5.00. The lowest BCUT2D eigenvalue weighted by Crippen LogP contribution is -2.35. The molecule has 0 aliphatic carbocycles. The van der Waals surface area contributed by atoms with Crippen LogP contribution >= 0.6 is 0 Å². The van der Waals surface area contributed by atoms with Gasteiger partial charge in [0.15, 0.2) is 11.5 Å². The van der Waals surface area contributed by atoms with Gasteiger partial charge in [0, 0.05) is 49.1 Å². The van der Waals surface area contributed by atoms with Crippen molar-refractivity contribution in [3.05, 3.63) is 88.0 Å². The molecule has 6 rings (SSSR count). The molecular formula is C26H23N5O3. The molecule has 0 atom stereocenters. The van der Waals surface area contributed by atoms with Crippen molar-refractivity contribution in [2.75, 3.05) is 19.1 Å². The number of fused-ring (bicyclic) bond motifs is 2. The maximum Gasteiger partial charge on any atom is 0.255 e. The zero-order valence-electron chi connectivity index (χ0n) is 18.5. The van der Waals surface area contributed by atoms with Gasteiger partial charge in [-0.1, -0.05) is 6.07 Å². The van der Waals surface area contributed by atoms with Crippen LogP contribution in [0.15, 0.2) is 65.6 Å². The summed E-state index contributed by atoms with van der Waals surface area (Å²) in [6.07, 6.45) is 2.62. The molecule has 0 saturated carbocycles. The summed E-state index contributed by atoms with van der Waals surface area (Å²) < 4.78 is 10.8. The van der Waals surface area contributed by atoms with Crippen LogP contribution in [0.5, 0.6) is 11.5 Å². The summed E-state index contributed by atoms with van der Waals surface area (Å²) in [7, 11) is 0. The topological polar surface area (TPSA) is 106 Å². The van der Waals surface area contributed by atoms with Gasteiger partial charge in [-0.25, -0.2) is 4.98 Å². The van der Waals surface area contributed by atoms with Crippen molar-refractivity contribution in [1.29, 1.82) is 0 Å². The number of nitrogens with one attached hydrogen (secondary N) is 1. The number of pyridine rings is 1. The normalized spacial score (nSPS) is 14.7. The molecule has 0 amide bonds. The molecule has 0 bridgehead atoms. The summed E-state index contributed by atoms with van der Waals surface area (Å²) in [5, 5.41) is 0. The van der Waals surface area contributed by atoms with E-state index in [9.17, 15) is 4.79 Å². The second-order valence-electron chi connectivity index (χ2n) is 8.54. The molecule has 0 fully saturated rings. The van der Waals surface area contributed by atoms with Crippen LogP contribution in [0.2, 0.25) is 0 Å². The Morgan fingerprint density at radius 2 is 1.82 bits per heavy atom. The van der Waals surface area contributed by atoms with E-state index in [-0.39, 0.29) is 12.4 Å². The molecule has 4 aromatic rings. The Labute approximate surface area is 196 Å². The highest BCUT2D eigenvalue weighted by atomic mass is 16.7. The molecule has 8 nitrogen and oxygen atoms in total. The van der Waals surface area contributed by atoms with Crippen LogP contribution in [0.4, 0.5) is 5.69 Å². The van der Waals surface area contributed by atoms with E-state index in [1.54, 1.807) is 0 Å². The van der Waals surface area contributed by atoms with Gasteiger partial charge in [0.2, 0.25) is 6.79 Å². The predicted molar refractivity (Wildman–Crippen MR) is 128 cm³/mol. The van der Waals surface area contributed by atoms with E-state index in [1.807, 2.05) is 54.7 Å². The van der Waals surface area contributed by atoms with Gasteiger partial charge >= 0.3 is 0 Å². The summed E-state index contributed by atoms with van der Waals surface area (Å²) in [6, 6.07) is 17.3. The lowest BCUT2D eigenvalue weighted by Gasteiger charge is -2.27. The van der Waals surface area contributed by atoms with E-state index < -0.39 is 0 Å². The minimum absolute atomic E-state index is 0.0854. The van der Waals surface area contributed by atoms with Crippen LogP contribution in [-0.4, -0.2) is 33.2 Å². The monoisotopic (exact) mass is 453 g/mol.